The largest absolute Gasteiger partial charge is 0.382 e. The number of amides is 1. The fraction of sp³-hybridized carbons (Fsp3) is 0.308. The molecule has 2 rings (SSSR count). The van der Waals surface area contributed by atoms with Crippen LogP contribution in [0.3, 0.4) is 0 Å². The maximum absolute atomic E-state index is 11.2. The van der Waals surface area contributed by atoms with Crippen molar-refractivity contribution in [2.45, 2.75) is 25.8 Å². The number of halogens is 1. The van der Waals surface area contributed by atoms with E-state index in [-0.39, 0.29) is 17.6 Å². The molecule has 106 valence electrons. The van der Waals surface area contributed by atoms with E-state index in [1.54, 1.807) is 0 Å². The molecule has 7 heteroatoms. The lowest BCUT2D eigenvalue weighted by atomic mass is 10.0. The van der Waals surface area contributed by atoms with Crippen molar-refractivity contribution in [2.75, 3.05) is 5.73 Å². The van der Waals surface area contributed by atoms with Crippen molar-refractivity contribution in [3.05, 3.63) is 40.5 Å². The third-order valence-electron chi connectivity index (χ3n) is 3.09. The van der Waals surface area contributed by atoms with Gasteiger partial charge in [0, 0.05) is 5.02 Å². The zero-order valence-electron chi connectivity index (χ0n) is 11.1. The predicted molar refractivity (Wildman–Crippen MR) is 77.5 cm³/mol. The van der Waals surface area contributed by atoms with Gasteiger partial charge in [0.15, 0.2) is 11.5 Å². The summed E-state index contributed by atoms with van der Waals surface area (Å²) in [5.41, 5.74) is 12.0. The number of nitrogens with zero attached hydrogens (tertiary/aromatic N) is 3. The summed E-state index contributed by atoms with van der Waals surface area (Å²) in [6.45, 7) is 2.05. The first kappa shape index (κ1) is 14.3. The zero-order chi connectivity index (χ0) is 14.7. The summed E-state index contributed by atoms with van der Waals surface area (Å²) < 4.78 is 1.50. The van der Waals surface area contributed by atoms with Crippen molar-refractivity contribution in [3.8, 4) is 0 Å². The average Bonchev–Trinajstić information content (AvgIpc) is 2.79. The van der Waals surface area contributed by atoms with Gasteiger partial charge in [0.25, 0.3) is 5.91 Å². The summed E-state index contributed by atoms with van der Waals surface area (Å²) >= 11 is 6.23. The normalized spacial score (nSPS) is 12.3. The highest BCUT2D eigenvalue weighted by Crippen LogP contribution is 2.31. The molecule has 6 nitrogen and oxygen atoms in total. The fourth-order valence-electron chi connectivity index (χ4n) is 2.13. The molecule has 2 aromatic rings. The molecule has 0 radical (unpaired) electrons. The Morgan fingerprint density at radius 1 is 1.45 bits per heavy atom. The van der Waals surface area contributed by atoms with Crippen molar-refractivity contribution >= 4 is 23.3 Å². The second-order valence-corrected chi connectivity index (χ2v) is 4.87. The average molecular weight is 294 g/mol. The SMILES string of the molecule is CCCC(c1ccccc1Cl)n1nnc(C(N)=O)c1N. The van der Waals surface area contributed by atoms with Gasteiger partial charge in [0.05, 0.1) is 6.04 Å². The summed E-state index contributed by atoms with van der Waals surface area (Å²) in [7, 11) is 0. The molecule has 0 aliphatic carbocycles. The van der Waals surface area contributed by atoms with E-state index in [0.717, 1.165) is 18.4 Å². The number of primary amides is 1. The monoisotopic (exact) mass is 293 g/mol. The van der Waals surface area contributed by atoms with Gasteiger partial charge in [-0.15, -0.1) is 5.10 Å². The number of carbonyl (C=O) groups excluding carboxylic acids is 1. The Bertz CT molecular complexity index is 625. The van der Waals surface area contributed by atoms with Gasteiger partial charge in [-0.2, -0.15) is 0 Å². The van der Waals surface area contributed by atoms with E-state index < -0.39 is 5.91 Å². The van der Waals surface area contributed by atoms with Crippen LogP contribution in [-0.2, 0) is 0 Å². The molecular formula is C13H16ClN5O. The Labute approximate surface area is 121 Å². The van der Waals surface area contributed by atoms with Gasteiger partial charge < -0.3 is 11.5 Å². The minimum Gasteiger partial charge on any atom is -0.382 e. The van der Waals surface area contributed by atoms with Crippen LogP contribution in [0.4, 0.5) is 5.82 Å². The van der Waals surface area contributed by atoms with E-state index in [2.05, 4.69) is 10.3 Å². The summed E-state index contributed by atoms with van der Waals surface area (Å²) in [6.07, 6.45) is 1.68. The van der Waals surface area contributed by atoms with Crippen LogP contribution >= 0.6 is 11.6 Å². The first-order valence-electron chi connectivity index (χ1n) is 6.31. The molecule has 4 N–H and O–H groups in total. The third kappa shape index (κ3) is 2.60. The maximum atomic E-state index is 11.2. The number of rotatable bonds is 5. The molecule has 1 aromatic heterocycles. The molecule has 0 saturated carbocycles. The van der Waals surface area contributed by atoms with Gasteiger partial charge >= 0.3 is 0 Å². The number of benzene rings is 1. The molecule has 1 heterocycles. The molecule has 0 aliphatic heterocycles. The number of nitrogens with two attached hydrogens (primary N) is 2. The number of nitrogen functional groups attached to an aromatic ring is 1. The molecule has 0 bridgehead atoms. The minimum atomic E-state index is -0.692. The zero-order valence-corrected chi connectivity index (χ0v) is 11.8. The van der Waals surface area contributed by atoms with E-state index in [4.69, 9.17) is 23.1 Å². The van der Waals surface area contributed by atoms with E-state index in [1.165, 1.54) is 4.68 Å². The highest BCUT2D eigenvalue weighted by molar-refractivity contribution is 6.31. The number of aromatic nitrogens is 3. The third-order valence-corrected chi connectivity index (χ3v) is 3.43. The van der Waals surface area contributed by atoms with Crippen molar-refractivity contribution in [2.24, 2.45) is 5.73 Å². The molecule has 0 spiro atoms. The summed E-state index contributed by atoms with van der Waals surface area (Å²) in [5, 5.41) is 8.33. The molecule has 1 atom stereocenters. The number of hydrogen-bond donors (Lipinski definition) is 2. The van der Waals surface area contributed by atoms with Crippen LogP contribution in [0, 0.1) is 0 Å². The van der Waals surface area contributed by atoms with Gasteiger partial charge in [-0.25, -0.2) is 4.68 Å². The maximum Gasteiger partial charge on any atom is 0.273 e. The van der Waals surface area contributed by atoms with Crippen LogP contribution in [0.15, 0.2) is 24.3 Å². The van der Waals surface area contributed by atoms with E-state index in [1.807, 2.05) is 31.2 Å². The Balaban J connectivity index is 2.49. The van der Waals surface area contributed by atoms with Crippen LogP contribution in [0.25, 0.3) is 0 Å². The number of carbonyl (C=O) groups is 1. The highest BCUT2D eigenvalue weighted by atomic mass is 35.5. The Morgan fingerprint density at radius 2 is 2.15 bits per heavy atom. The fourth-order valence-corrected chi connectivity index (χ4v) is 2.40. The van der Waals surface area contributed by atoms with Crippen LogP contribution < -0.4 is 11.5 Å². The molecule has 1 aromatic carbocycles. The Kier molecular flexibility index (Phi) is 4.24. The molecule has 1 amide bonds. The number of anilines is 1. The highest BCUT2D eigenvalue weighted by Gasteiger charge is 2.23. The van der Waals surface area contributed by atoms with Gasteiger partial charge in [-0.3, -0.25) is 4.79 Å². The molecule has 0 saturated heterocycles. The van der Waals surface area contributed by atoms with Crippen molar-refractivity contribution in [3.63, 3.8) is 0 Å². The van der Waals surface area contributed by atoms with Crippen molar-refractivity contribution < 1.29 is 4.79 Å². The standard InChI is InChI=1S/C13H16ClN5O/c1-2-5-10(8-6-3-4-7-9(8)14)19-12(15)11(13(16)20)17-18-19/h3-4,6-7,10H,2,5,15H2,1H3,(H2,16,20). The Morgan fingerprint density at radius 3 is 2.70 bits per heavy atom. The lowest BCUT2D eigenvalue weighted by Crippen LogP contribution is -2.18. The van der Waals surface area contributed by atoms with Crippen molar-refractivity contribution in [1.29, 1.82) is 0 Å². The first-order valence-corrected chi connectivity index (χ1v) is 6.69. The topological polar surface area (TPSA) is 99.8 Å². The van der Waals surface area contributed by atoms with Crippen LogP contribution in [0.1, 0.15) is 41.9 Å². The van der Waals surface area contributed by atoms with E-state index in [9.17, 15) is 4.79 Å². The second kappa shape index (κ2) is 5.92. The van der Waals surface area contributed by atoms with E-state index >= 15 is 0 Å². The van der Waals surface area contributed by atoms with Crippen LogP contribution in [0.5, 0.6) is 0 Å². The molecular weight excluding hydrogens is 278 g/mol. The summed E-state index contributed by atoms with van der Waals surface area (Å²) in [4.78, 5) is 11.2. The second-order valence-electron chi connectivity index (χ2n) is 4.46. The lowest BCUT2D eigenvalue weighted by Gasteiger charge is -2.19. The van der Waals surface area contributed by atoms with Gasteiger partial charge in [-0.05, 0) is 18.1 Å². The summed E-state index contributed by atoms with van der Waals surface area (Å²) in [5.74, 6) is -0.529. The molecule has 1 unspecified atom stereocenters. The smallest absolute Gasteiger partial charge is 0.273 e. The number of hydrogen-bond acceptors (Lipinski definition) is 4. The lowest BCUT2D eigenvalue weighted by molar-refractivity contribution is 0.0996. The van der Waals surface area contributed by atoms with Gasteiger partial charge in [-0.1, -0.05) is 48.4 Å². The molecule has 20 heavy (non-hydrogen) atoms. The van der Waals surface area contributed by atoms with Crippen molar-refractivity contribution in [1.82, 2.24) is 15.0 Å². The summed E-state index contributed by atoms with van der Waals surface area (Å²) in [6, 6.07) is 7.30. The minimum absolute atomic E-state index is 0.0156. The quantitative estimate of drug-likeness (QED) is 0.880. The molecule has 0 fully saturated rings. The van der Waals surface area contributed by atoms with E-state index in [0.29, 0.717) is 5.02 Å². The Hall–Kier alpha value is -2.08. The predicted octanol–water partition coefficient (Wildman–Crippen LogP) is 2.00. The first-order chi connectivity index (χ1) is 9.56. The molecule has 0 aliphatic rings. The van der Waals surface area contributed by atoms with Crippen LogP contribution in [-0.4, -0.2) is 20.9 Å². The van der Waals surface area contributed by atoms with Crippen LogP contribution in [0.2, 0.25) is 5.02 Å². The van der Waals surface area contributed by atoms with Gasteiger partial charge in [0.1, 0.15) is 0 Å². The van der Waals surface area contributed by atoms with Gasteiger partial charge in [0.2, 0.25) is 0 Å².